The van der Waals surface area contributed by atoms with E-state index in [0.717, 1.165) is 17.7 Å². The van der Waals surface area contributed by atoms with Gasteiger partial charge in [-0.2, -0.15) is 0 Å². The molecule has 170 valence electrons. The first kappa shape index (κ1) is 22.2. The summed E-state index contributed by atoms with van der Waals surface area (Å²) in [7, 11) is 0. The third-order valence-corrected chi connectivity index (χ3v) is 6.27. The van der Waals surface area contributed by atoms with Crippen molar-refractivity contribution in [3.8, 4) is 0 Å². The summed E-state index contributed by atoms with van der Waals surface area (Å²) in [5, 5.41) is 17.6. The number of anilines is 1. The Kier molecular flexibility index (Phi) is 6.21. The molecule has 1 aromatic heterocycles. The summed E-state index contributed by atoms with van der Waals surface area (Å²) in [4.78, 5) is 36.6. The number of nitrogens with one attached hydrogen (secondary N) is 1. The fourth-order valence-electron chi connectivity index (χ4n) is 4.90. The average Bonchev–Trinajstić information content (AvgIpc) is 3.50. The average molecular weight is 448 g/mol. The van der Waals surface area contributed by atoms with Crippen LogP contribution >= 0.6 is 0 Å². The van der Waals surface area contributed by atoms with Crippen molar-refractivity contribution < 1.29 is 23.9 Å². The van der Waals surface area contributed by atoms with E-state index in [-0.39, 0.29) is 30.2 Å². The van der Waals surface area contributed by atoms with Gasteiger partial charge in [0, 0.05) is 19.2 Å². The van der Waals surface area contributed by atoms with Crippen LogP contribution in [0.15, 0.2) is 59.0 Å². The van der Waals surface area contributed by atoms with Crippen molar-refractivity contribution >= 4 is 24.0 Å². The second kappa shape index (κ2) is 9.23. The normalized spacial score (nSPS) is 20.7. The zero-order valence-corrected chi connectivity index (χ0v) is 18.1. The topological polar surface area (TPSA) is 126 Å². The molecule has 2 amide bonds. The van der Waals surface area contributed by atoms with Gasteiger partial charge in [0.05, 0.1) is 11.5 Å². The molecular formula is C24H24N4O5. The molecule has 3 aromatic rings. The summed E-state index contributed by atoms with van der Waals surface area (Å²) >= 11 is 0. The van der Waals surface area contributed by atoms with Crippen molar-refractivity contribution in [3.05, 3.63) is 77.5 Å². The van der Waals surface area contributed by atoms with E-state index < -0.39 is 5.41 Å². The number of carbonyl (C=O) groups is 3. The number of likely N-dealkylation sites (tertiary alicyclic amines) is 1. The second-order valence-electron chi connectivity index (χ2n) is 7.99. The standard InChI is InChI=1S/C23H22N4O3.CH2O2/c1-15-25-26-20(30-15)21(28)27-14-13-23(17-9-5-6-10-18(17)24-22(23)29)19(27)12-11-16-7-3-2-4-8-16;2-1-3/h2-10,19H,11-14H2,1H3,(H,24,29);1H,(H,2,3)/t19-,23+;/m0./s1. The van der Waals surface area contributed by atoms with Gasteiger partial charge in [0.2, 0.25) is 11.8 Å². The summed E-state index contributed by atoms with van der Waals surface area (Å²) in [5.74, 6) is -0.0421. The Hall–Kier alpha value is -4.01. The summed E-state index contributed by atoms with van der Waals surface area (Å²) in [6.07, 6.45) is 1.98. The van der Waals surface area contributed by atoms with Crippen LogP contribution in [0.25, 0.3) is 0 Å². The van der Waals surface area contributed by atoms with Crippen molar-refractivity contribution in [3.63, 3.8) is 0 Å². The van der Waals surface area contributed by atoms with Crippen LogP contribution in [0, 0.1) is 6.92 Å². The first-order chi connectivity index (χ1) is 16.0. The molecule has 2 atom stereocenters. The second-order valence-corrected chi connectivity index (χ2v) is 7.99. The fraction of sp³-hybridized carbons (Fsp3) is 0.292. The lowest BCUT2D eigenvalue weighted by atomic mass is 9.73. The van der Waals surface area contributed by atoms with E-state index in [2.05, 4.69) is 27.6 Å². The molecule has 1 fully saturated rings. The molecule has 2 aliphatic rings. The lowest BCUT2D eigenvalue weighted by molar-refractivity contribution is -0.123. The molecule has 1 spiro atoms. The predicted octanol–water partition coefficient (Wildman–Crippen LogP) is 2.82. The van der Waals surface area contributed by atoms with Gasteiger partial charge in [-0.1, -0.05) is 48.5 Å². The minimum absolute atomic E-state index is 0.0269. The van der Waals surface area contributed by atoms with Crippen LogP contribution in [0.3, 0.4) is 0 Å². The molecule has 0 saturated carbocycles. The van der Waals surface area contributed by atoms with Crippen LogP contribution in [0.5, 0.6) is 0 Å². The molecule has 0 unspecified atom stereocenters. The first-order valence-electron chi connectivity index (χ1n) is 10.6. The van der Waals surface area contributed by atoms with Gasteiger partial charge in [0.25, 0.3) is 6.47 Å². The third-order valence-electron chi connectivity index (χ3n) is 6.27. The van der Waals surface area contributed by atoms with Gasteiger partial charge >= 0.3 is 11.8 Å². The maximum absolute atomic E-state index is 13.3. The molecule has 5 rings (SSSR count). The highest BCUT2D eigenvalue weighted by molar-refractivity contribution is 6.08. The molecule has 0 aliphatic carbocycles. The number of fused-ring (bicyclic) bond motifs is 2. The largest absolute Gasteiger partial charge is 0.483 e. The minimum atomic E-state index is -0.768. The molecule has 3 heterocycles. The number of nitrogens with zero attached hydrogens (tertiary/aromatic N) is 3. The predicted molar refractivity (Wildman–Crippen MR) is 119 cm³/mol. The van der Waals surface area contributed by atoms with Crippen LogP contribution < -0.4 is 5.32 Å². The Morgan fingerprint density at radius 2 is 1.91 bits per heavy atom. The number of para-hydroxylation sites is 1. The van der Waals surface area contributed by atoms with Crippen LogP contribution in [0.4, 0.5) is 5.69 Å². The Morgan fingerprint density at radius 3 is 2.61 bits per heavy atom. The van der Waals surface area contributed by atoms with E-state index in [0.29, 0.717) is 25.3 Å². The van der Waals surface area contributed by atoms with Crippen LogP contribution in [-0.2, 0) is 21.4 Å². The van der Waals surface area contributed by atoms with E-state index >= 15 is 0 Å². The zero-order chi connectivity index (χ0) is 23.4. The minimum Gasteiger partial charge on any atom is -0.483 e. The third kappa shape index (κ3) is 3.97. The van der Waals surface area contributed by atoms with Crippen LogP contribution in [0.1, 0.15) is 40.5 Å². The molecule has 2 aromatic carbocycles. The molecule has 0 radical (unpaired) electrons. The Balaban J connectivity index is 0.000000821. The summed E-state index contributed by atoms with van der Waals surface area (Å²) in [6, 6.07) is 17.6. The lowest BCUT2D eigenvalue weighted by Crippen LogP contribution is -2.49. The number of hydrogen-bond donors (Lipinski definition) is 2. The van der Waals surface area contributed by atoms with E-state index in [1.807, 2.05) is 42.5 Å². The maximum atomic E-state index is 13.3. The van der Waals surface area contributed by atoms with E-state index in [1.54, 1.807) is 11.8 Å². The maximum Gasteiger partial charge on any atom is 0.311 e. The molecule has 1 saturated heterocycles. The number of amides is 2. The van der Waals surface area contributed by atoms with Gasteiger partial charge in [-0.25, -0.2) is 0 Å². The summed E-state index contributed by atoms with van der Waals surface area (Å²) < 4.78 is 5.40. The molecule has 33 heavy (non-hydrogen) atoms. The molecule has 2 N–H and O–H groups in total. The SMILES string of the molecule is Cc1nnc(C(=O)N2CC[C@]3(C(=O)Nc4ccccc43)[C@@H]2CCc2ccccc2)o1.O=CO. The number of carbonyl (C=O) groups excluding carboxylic acids is 2. The quantitative estimate of drug-likeness (QED) is 0.588. The smallest absolute Gasteiger partial charge is 0.311 e. The summed E-state index contributed by atoms with van der Waals surface area (Å²) in [6.45, 7) is 1.87. The van der Waals surface area contributed by atoms with Gasteiger partial charge in [-0.3, -0.25) is 14.4 Å². The van der Waals surface area contributed by atoms with Crippen LogP contribution in [0.2, 0.25) is 0 Å². The van der Waals surface area contributed by atoms with Gasteiger partial charge < -0.3 is 19.7 Å². The zero-order valence-electron chi connectivity index (χ0n) is 18.1. The summed E-state index contributed by atoms with van der Waals surface area (Å²) in [5.41, 5.74) is 2.20. The number of benzene rings is 2. The molecule has 0 bridgehead atoms. The van der Waals surface area contributed by atoms with Crippen molar-refractivity contribution in [1.82, 2.24) is 15.1 Å². The van der Waals surface area contributed by atoms with Crippen molar-refractivity contribution in [2.75, 3.05) is 11.9 Å². The number of hydrogen-bond acceptors (Lipinski definition) is 6. The van der Waals surface area contributed by atoms with E-state index in [9.17, 15) is 9.59 Å². The van der Waals surface area contributed by atoms with Crippen molar-refractivity contribution in [1.29, 1.82) is 0 Å². The number of aryl methyl sites for hydroxylation is 2. The van der Waals surface area contributed by atoms with Gasteiger partial charge in [-0.05, 0) is 36.5 Å². The van der Waals surface area contributed by atoms with Crippen molar-refractivity contribution in [2.45, 2.75) is 37.6 Å². The van der Waals surface area contributed by atoms with Crippen LogP contribution in [-0.4, -0.2) is 51.1 Å². The Labute approximate surface area is 190 Å². The van der Waals surface area contributed by atoms with Gasteiger partial charge in [0.15, 0.2) is 0 Å². The van der Waals surface area contributed by atoms with Gasteiger partial charge in [0.1, 0.15) is 0 Å². The lowest BCUT2D eigenvalue weighted by Gasteiger charge is -2.33. The number of aromatic nitrogens is 2. The van der Waals surface area contributed by atoms with Gasteiger partial charge in [-0.15, -0.1) is 10.2 Å². The molecular weight excluding hydrogens is 424 g/mol. The first-order valence-corrected chi connectivity index (χ1v) is 10.6. The fourth-order valence-corrected chi connectivity index (χ4v) is 4.90. The monoisotopic (exact) mass is 448 g/mol. The number of carboxylic acid groups (broad SMARTS) is 1. The van der Waals surface area contributed by atoms with E-state index in [4.69, 9.17) is 14.3 Å². The van der Waals surface area contributed by atoms with E-state index in [1.165, 1.54) is 5.56 Å². The molecule has 9 nitrogen and oxygen atoms in total. The molecule has 9 heteroatoms. The van der Waals surface area contributed by atoms with Crippen molar-refractivity contribution in [2.24, 2.45) is 0 Å². The number of rotatable bonds is 4. The highest BCUT2D eigenvalue weighted by Crippen LogP contribution is 2.49. The Bertz CT molecular complexity index is 1160. The Morgan fingerprint density at radius 1 is 1.21 bits per heavy atom. The highest BCUT2D eigenvalue weighted by Gasteiger charge is 2.58. The highest BCUT2D eigenvalue weighted by atomic mass is 16.4. The molecule has 2 aliphatic heterocycles.